The third-order valence-electron chi connectivity index (χ3n) is 1.81. The van der Waals surface area contributed by atoms with E-state index in [0.29, 0.717) is 0 Å². The van der Waals surface area contributed by atoms with Crippen molar-refractivity contribution in [3.63, 3.8) is 0 Å². The monoisotopic (exact) mass is 156 g/mol. The van der Waals surface area contributed by atoms with Crippen molar-refractivity contribution in [1.29, 1.82) is 0 Å². The molecule has 0 aliphatic carbocycles. The first-order valence-corrected chi connectivity index (χ1v) is 3.98. The van der Waals surface area contributed by atoms with Crippen LogP contribution in [-0.2, 0) is 0 Å². The summed E-state index contributed by atoms with van der Waals surface area (Å²) in [7, 11) is 0. The van der Waals surface area contributed by atoms with Gasteiger partial charge in [-0.1, -0.05) is 30.3 Å². The Balaban J connectivity index is 2.46. The molecule has 0 atom stereocenters. The Morgan fingerprint density at radius 1 is 0.750 bits per heavy atom. The van der Waals surface area contributed by atoms with Crippen LogP contribution in [0, 0.1) is 0 Å². The Bertz CT molecular complexity index is 302. The number of aromatic amines is 1. The summed E-state index contributed by atoms with van der Waals surface area (Å²) in [5.74, 6) is 0. The smallest absolute Gasteiger partial charge is 0.174 e. The van der Waals surface area contributed by atoms with Gasteiger partial charge in [0.05, 0.1) is 0 Å². The van der Waals surface area contributed by atoms with E-state index in [2.05, 4.69) is 23.2 Å². The quantitative estimate of drug-likeness (QED) is 0.600. The van der Waals surface area contributed by atoms with Crippen LogP contribution in [0.5, 0.6) is 0 Å². The van der Waals surface area contributed by atoms with Gasteiger partial charge in [0.2, 0.25) is 0 Å². The lowest BCUT2D eigenvalue weighted by atomic mass is 10.1. The number of rotatable bonds is 1. The van der Waals surface area contributed by atoms with Crippen LogP contribution in [-0.4, -0.2) is 0 Å². The number of hydrogen-bond donors (Lipinski definition) is 0. The SMILES string of the molecule is c1ccc(-c2ccc[nH+]c2)cc1. The molecule has 1 aromatic carbocycles. The minimum absolute atomic E-state index is 1.22. The molecule has 2 rings (SSSR count). The van der Waals surface area contributed by atoms with Gasteiger partial charge in [-0.3, -0.25) is 0 Å². The van der Waals surface area contributed by atoms with Crippen molar-refractivity contribution in [2.45, 2.75) is 0 Å². The highest BCUT2D eigenvalue weighted by Crippen LogP contribution is 2.15. The number of benzene rings is 1. The third kappa shape index (κ3) is 1.35. The highest BCUT2D eigenvalue weighted by atomic mass is 14.6. The van der Waals surface area contributed by atoms with E-state index in [-0.39, 0.29) is 0 Å². The van der Waals surface area contributed by atoms with E-state index in [9.17, 15) is 0 Å². The maximum absolute atomic E-state index is 3.06. The molecule has 0 amide bonds. The number of H-pyrrole nitrogens is 1. The molecule has 0 bridgehead atoms. The van der Waals surface area contributed by atoms with Crippen LogP contribution >= 0.6 is 0 Å². The molecule has 0 radical (unpaired) electrons. The fourth-order valence-electron chi connectivity index (χ4n) is 1.20. The van der Waals surface area contributed by atoms with Gasteiger partial charge in [0, 0.05) is 11.6 Å². The lowest BCUT2D eigenvalue weighted by Crippen LogP contribution is -1.97. The van der Waals surface area contributed by atoms with Crippen LogP contribution in [0.1, 0.15) is 0 Å². The molecule has 1 nitrogen and oxygen atoms in total. The maximum Gasteiger partial charge on any atom is 0.174 e. The van der Waals surface area contributed by atoms with Crippen molar-refractivity contribution in [1.82, 2.24) is 0 Å². The highest BCUT2D eigenvalue weighted by molar-refractivity contribution is 5.60. The first-order valence-electron chi connectivity index (χ1n) is 3.98. The van der Waals surface area contributed by atoms with Gasteiger partial charge in [-0.05, 0) is 11.6 Å². The first-order chi connectivity index (χ1) is 5.97. The van der Waals surface area contributed by atoms with E-state index in [1.54, 1.807) is 0 Å². The zero-order valence-electron chi connectivity index (χ0n) is 6.70. The Labute approximate surface area is 71.7 Å². The molecule has 12 heavy (non-hydrogen) atoms. The molecule has 1 heterocycles. The molecule has 0 spiro atoms. The summed E-state index contributed by atoms with van der Waals surface area (Å²) in [5, 5.41) is 0. The average Bonchev–Trinajstić information content (AvgIpc) is 2.21. The molecule has 0 aliphatic heterocycles. The van der Waals surface area contributed by atoms with Crippen molar-refractivity contribution in [3.8, 4) is 11.1 Å². The summed E-state index contributed by atoms with van der Waals surface area (Å²) >= 11 is 0. The minimum Gasteiger partial charge on any atom is -0.217 e. The van der Waals surface area contributed by atoms with Gasteiger partial charge in [0.1, 0.15) is 0 Å². The first kappa shape index (κ1) is 7.04. The van der Waals surface area contributed by atoms with E-state index in [1.165, 1.54) is 11.1 Å². The van der Waals surface area contributed by atoms with Crippen molar-refractivity contribution in [2.24, 2.45) is 0 Å². The molecule has 0 unspecified atom stereocenters. The van der Waals surface area contributed by atoms with E-state index < -0.39 is 0 Å². The molecule has 0 saturated heterocycles. The molecular formula is C11H10N+. The van der Waals surface area contributed by atoms with E-state index in [4.69, 9.17) is 0 Å². The predicted molar refractivity (Wildman–Crippen MR) is 48.4 cm³/mol. The summed E-state index contributed by atoms with van der Waals surface area (Å²) in [4.78, 5) is 3.06. The summed E-state index contributed by atoms with van der Waals surface area (Å²) < 4.78 is 0. The molecule has 0 fully saturated rings. The topological polar surface area (TPSA) is 14.1 Å². The van der Waals surface area contributed by atoms with Gasteiger partial charge < -0.3 is 0 Å². The molecule has 58 valence electrons. The van der Waals surface area contributed by atoms with Gasteiger partial charge in [-0.15, -0.1) is 0 Å². The number of aromatic nitrogens is 1. The normalized spacial score (nSPS) is 9.67. The van der Waals surface area contributed by atoms with Crippen molar-refractivity contribution >= 4 is 0 Å². The van der Waals surface area contributed by atoms with Crippen molar-refractivity contribution in [2.75, 3.05) is 0 Å². The third-order valence-corrected chi connectivity index (χ3v) is 1.81. The fraction of sp³-hybridized carbons (Fsp3) is 0. The van der Waals surface area contributed by atoms with Gasteiger partial charge in [-0.2, -0.15) is 0 Å². The van der Waals surface area contributed by atoms with Gasteiger partial charge in [-0.25, -0.2) is 4.98 Å². The summed E-state index contributed by atoms with van der Waals surface area (Å²) in [6, 6.07) is 14.4. The van der Waals surface area contributed by atoms with Crippen LogP contribution in [0.3, 0.4) is 0 Å². The molecule has 0 aliphatic rings. The summed E-state index contributed by atoms with van der Waals surface area (Å²) in [5.41, 5.74) is 2.47. The Morgan fingerprint density at radius 3 is 2.17 bits per heavy atom. The van der Waals surface area contributed by atoms with Crippen LogP contribution in [0.4, 0.5) is 0 Å². The van der Waals surface area contributed by atoms with Crippen molar-refractivity contribution < 1.29 is 4.98 Å². The van der Waals surface area contributed by atoms with Crippen LogP contribution in [0.2, 0.25) is 0 Å². The second kappa shape index (κ2) is 3.18. The van der Waals surface area contributed by atoms with Gasteiger partial charge in [0.15, 0.2) is 12.4 Å². The lowest BCUT2D eigenvalue weighted by molar-refractivity contribution is -0.377. The fourth-order valence-corrected chi connectivity index (χ4v) is 1.20. The zero-order valence-corrected chi connectivity index (χ0v) is 6.70. The molecule has 1 aromatic heterocycles. The average molecular weight is 156 g/mol. The number of hydrogen-bond acceptors (Lipinski definition) is 0. The molecule has 1 heteroatoms. The molecule has 2 aromatic rings. The Hall–Kier alpha value is -1.63. The van der Waals surface area contributed by atoms with E-state index in [1.807, 2.05) is 36.7 Å². The molecule has 1 N–H and O–H groups in total. The highest BCUT2D eigenvalue weighted by Gasteiger charge is 1.96. The second-order valence-electron chi connectivity index (χ2n) is 2.66. The molecular weight excluding hydrogens is 146 g/mol. The Morgan fingerprint density at radius 2 is 1.50 bits per heavy atom. The maximum atomic E-state index is 3.06. The van der Waals surface area contributed by atoms with Crippen LogP contribution < -0.4 is 4.98 Å². The largest absolute Gasteiger partial charge is 0.217 e. The van der Waals surface area contributed by atoms with E-state index >= 15 is 0 Å². The Kier molecular flexibility index (Phi) is 1.87. The summed E-state index contributed by atoms with van der Waals surface area (Å²) in [6.45, 7) is 0. The standard InChI is InChI=1S/C11H9N/c1-2-5-10(6-3-1)11-7-4-8-12-9-11/h1-9H/p+1. The van der Waals surface area contributed by atoms with Crippen LogP contribution in [0.15, 0.2) is 54.9 Å². The van der Waals surface area contributed by atoms with Crippen molar-refractivity contribution in [3.05, 3.63) is 54.9 Å². The van der Waals surface area contributed by atoms with Crippen LogP contribution in [0.25, 0.3) is 11.1 Å². The number of pyridine rings is 1. The van der Waals surface area contributed by atoms with Gasteiger partial charge in [0.25, 0.3) is 0 Å². The lowest BCUT2D eigenvalue weighted by Gasteiger charge is -1.95. The zero-order chi connectivity index (χ0) is 8.23. The summed E-state index contributed by atoms with van der Waals surface area (Å²) in [6.07, 6.45) is 3.90. The number of nitrogens with one attached hydrogen (secondary N) is 1. The molecule has 0 saturated carbocycles. The predicted octanol–water partition coefficient (Wildman–Crippen LogP) is 2.17. The van der Waals surface area contributed by atoms with Gasteiger partial charge >= 0.3 is 0 Å². The minimum atomic E-state index is 1.22. The van der Waals surface area contributed by atoms with E-state index in [0.717, 1.165) is 0 Å². The second-order valence-corrected chi connectivity index (χ2v) is 2.66.